The molecule has 0 atom stereocenters. The number of carbonyl (C=O) groups is 2. The van der Waals surface area contributed by atoms with Crippen molar-refractivity contribution in [3.05, 3.63) is 70.2 Å². The Hall–Kier alpha value is -3.19. The summed E-state index contributed by atoms with van der Waals surface area (Å²) in [6.45, 7) is 5.54. The first kappa shape index (κ1) is 21.5. The maximum Gasteiger partial charge on any atom is 0.338 e. The number of carbonyl (C=O) groups excluding carboxylic acids is 2. The predicted molar refractivity (Wildman–Crippen MR) is 121 cm³/mol. The summed E-state index contributed by atoms with van der Waals surface area (Å²) in [5.74, 6) is -0.534. The minimum absolute atomic E-state index is 0.0450. The number of hydrogen-bond acceptors (Lipinski definition) is 6. The van der Waals surface area contributed by atoms with Crippen molar-refractivity contribution < 1.29 is 14.3 Å². The molecular formula is C23H25N3O3S. The highest BCUT2D eigenvalue weighted by Crippen LogP contribution is 2.32. The number of hydrogen-bond donors (Lipinski definition) is 0. The Morgan fingerprint density at radius 2 is 1.77 bits per heavy atom. The van der Waals surface area contributed by atoms with Gasteiger partial charge < -0.3 is 9.64 Å². The first-order valence-corrected chi connectivity index (χ1v) is 10.4. The standard InChI is InChI=1S/C23H25N3O3S/c1-15-6-11-21(16(2)12-15)26(17(3)27)23-24-19(14-30-23)13-29-22(28)18-7-9-20(10-8-18)25(4)5/h6-12,14H,13H2,1-5H3. The van der Waals surface area contributed by atoms with Crippen molar-refractivity contribution in [2.75, 3.05) is 23.9 Å². The Bertz CT molecular complexity index is 1060. The first-order valence-electron chi connectivity index (χ1n) is 9.53. The Kier molecular flexibility index (Phi) is 6.52. The number of thiazole rings is 1. The fourth-order valence-corrected chi connectivity index (χ4v) is 3.91. The SMILES string of the molecule is CC(=O)N(c1nc(COC(=O)c2ccc(N(C)C)cc2)cs1)c1ccc(C)cc1C. The van der Waals surface area contributed by atoms with Crippen LogP contribution in [0.15, 0.2) is 47.8 Å². The quantitative estimate of drug-likeness (QED) is 0.530. The Morgan fingerprint density at radius 3 is 2.37 bits per heavy atom. The zero-order valence-electron chi connectivity index (χ0n) is 17.8. The topological polar surface area (TPSA) is 62.7 Å². The molecule has 0 bridgehead atoms. The van der Waals surface area contributed by atoms with Crippen LogP contribution in [0.1, 0.15) is 34.1 Å². The van der Waals surface area contributed by atoms with Gasteiger partial charge in [-0.25, -0.2) is 9.78 Å². The van der Waals surface area contributed by atoms with Crippen molar-refractivity contribution in [2.24, 2.45) is 0 Å². The van der Waals surface area contributed by atoms with Gasteiger partial charge in [0.1, 0.15) is 6.61 Å². The van der Waals surface area contributed by atoms with Crippen molar-refractivity contribution in [2.45, 2.75) is 27.4 Å². The zero-order valence-corrected chi connectivity index (χ0v) is 18.6. The lowest BCUT2D eigenvalue weighted by atomic mass is 10.1. The number of amides is 1. The molecule has 0 unspecified atom stereocenters. The smallest absolute Gasteiger partial charge is 0.338 e. The van der Waals surface area contributed by atoms with Gasteiger partial charge >= 0.3 is 5.97 Å². The molecule has 7 heteroatoms. The Labute approximate surface area is 180 Å². The van der Waals surface area contributed by atoms with Crippen molar-refractivity contribution in [3.63, 3.8) is 0 Å². The van der Waals surface area contributed by atoms with Gasteiger partial charge in [0.05, 0.1) is 16.9 Å². The summed E-state index contributed by atoms with van der Waals surface area (Å²) in [7, 11) is 3.88. The van der Waals surface area contributed by atoms with Gasteiger partial charge in [0.15, 0.2) is 5.13 Å². The molecule has 156 valence electrons. The molecule has 0 fully saturated rings. The summed E-state index contributed by atoms with van der Waals surface area (Å²) < 4.78 is 5.40. The van der Waals surface area contributed by atoms with Crippen molar-refractivity contribution in [1.82, 2.24) is 4.98 Å². The van der Waals surface area contributed by atoms with E-state index in [0.717, 1.165) is 22.5 Å². The van der Waals surface area contributed by atoms with Gasteiger partial charge in [0, 0.05) is 32.1 Å². The third kappa shape index (κ3) is 4.86. The van der Waals surface area contributed by atoms with Crippen molar-refractivity contribution >= 4 is 39.7 Å². The number of benzene rings is 2. The third-order valence-corrected chi connectivity index (χ3v) is 5.48. The molecule has 0 saturated heterocycles. The molecule has 0 aliphatic rings. The van der Waals surface area contributed by atoms with E-state index in [0.29, 0.717) is 16.4 Å². The summed E-state index contributed by atoms with van der Waals surface area (Å²) in [6.07, 6.45) is 0. The van der Waals surface area contributed by atoms with E-state index in [4.69, 9.17) is 4.74 Å². The van der Waals surface area contributed by atoms with Crippen LogP contribution in [0.4, 0.5) is 16.5 Å². The molecule has 0 aliphatic carbocycles. The fraction of sp³-hybridized carbons (Fsp3) is 0.261. The summed E-state index contributed by atoms with van der Waals surface area (Å²) in [6, 6.07) is 13.1. The highest BCUT2D eigenvalue weighted by molar-refractivity contribution is 7.14. The molecule has 0 spiro atoms. The highest BCUT2D eigenvalue weighted by Gasteiger charge is 2.20. The van der Waals surface area contributed by atoms with Gasteiger partial charge in [-0.15, -0.1) is 11.3 Å². The molecule has 2 aromatic carbocycles. The molecule has 0 radical (unpaired) electrons. The van der Waals surface area contributed by atoms with Gasteiger partial charge in [-0.2, -0.15) is 0 Å². The van der Waals surface area contributed by atoms with Crippen LogP contribution in [0, 0.1) is 13.8 Å². The van der Waals surface area contributed by atoms with E-state index in [2.05, 4.69) is 4.98 Å². The van der Waals surface area contributed by atoms with Crippen LogP contribution in [-0.4, -0.2) is 31.0 Å². The van der Waals surface area contributed by atoms with E-state index >= 15 is 0 Å². The normalized spacial score (nSPS) is 10.6. The van der Waals surface area contributed by atoms with Gasteiger partial charge in [-0.05, 0) is 49.7 Å². The van der Waals surface area contributed by atoms with Crippen LogP contribution in [0.25, 0.3) is 0 Å². The molecule has 1 heterocycles. The number of aryl methyl sites for hydroxylation is 2. The van der Waals surface area contributed by atoms with Crippen LogP contribution in [0.3, 0.4) is 0 Å². The summed E-state index contributed by atoms with van der Waals surface area (Å²) in [5, 5.41) is 2.35. The number of ether oxygens (including phenoxy) is 1. The zero-order chi connectivity index (χ0) is 21.8. The maximum absolute atomic E-state index is 12.3. The molecule has 6 nitrogen and oxygen atoms in total. The Morgan fingerprint density at radius 1 is 1.07 bits per heavy atom. The van der Waals surface area contributed by atoms with Crippen molar-refractivity contribution in [3.8, 4) is 0 Å². The number of esters is 1. The summed E-state index contributed by atoms with van der Waals surface area (Å²) >= 11 is 1.34. The lowest BCUT2D eigenvalue weighted by Gasteiger charge is -2.20. The summed E-state index contributed by atoms with van der Waals surface area (Å²) in [5.41, 5.74) is 5.01. The number of nitrogens with zero attached hydrogens (tertiary/aromatic N) is 3. The van der Waals surface area contributed by atoms with Gasteiger partial charge in [-0.3, -0.25) is 9.69 Å². The van der Waals surface area contributed by atoms with E-state index in [1.165, 1.54) is 18.3 Å². The van der Waals surface area contributed by atoms with Crippen LogP contribution in [0.5, 0.6) is 0 Å². The molecule has 0 aliphatic heterocycles. The van der Waals surface area contributed by atoms with Gasteiger partial charge in [-0.1, -0.05) is 17.7 Å². The Balaban J connectivity index is 1.71. The molecule has 30 heavy (non-hydrogen) atoms. The molecule has 3 rings (SSSR count). The minimum atomic E-state index is -0.410. The van der Waals surface area contributed by atoms with E-state index in [1.54, 1.807) is 22.4 Å². The van der Waals surface area contributed by atoms with Crippen LogP contribution in [-0.2, 0) is 16.1 Å². The maximum atomic E-state index is 12.3. The van der Waals surface area contributed by atoms with Crippen LogP contribution in [0.2, 0.25) is 0 Å². The monoisotopic (exact) mass is 423 g/mol. The average molecular weight is 424 g/mol. The number of aromatic nitrogens is 1. The largest absolute Gasteiger partial charge is 0.456 e. The predicted octanol–water partition coefficient (Wildman–Crippen LogP) is 4.87. The fourth-order valence-electron chi connectivity index (χ4n) is 3.05. The average Bonchev–Trinajstić information content (AvgIpc) is 3.16. The minimum Gasteiger partial charge on any atom is -0.456 e. The number of anilines is 3. The third-order valence-electron chi connectivity index (χ3n) is 4.61. The van der Waals surface area contributed by atoms with Crippen molar-refractivity contribution in [1.29, 1.82) is 0 Å². The van der Waals surface area contributed by atoms with E-state index < -0.39 is 5.97 Å². The van der Waals surface area contributed by atoms with Gasteiger partial charge in [0.2, 0.25) is 5.91 Å². The summed E-state index contributed by atoms with van der Waals surface area (Å²) in [4.78, 5) is 32.7. The highest BCUT2D eigenvalue weighted by atomic mass is 32.1. The molecular weight excluding hydrogens is 398 g/mol. The van der Waals surface area contributed by atoms with E-state index in [9.17, 15) is 9.59 Å². The molecule has 1 aromatic heterocycles. The van der Waals surface area contributed by atoms with Crippen LogP contribution >= 0.6 is 11.3 Å². The van der Waals surface area contributed by atoms with E-state index in [-0.39, 0.29) is 12.5 Å². The number of rotatable bonds is 6. The van der Waals surface area contributed by atoms with Crippen LogP contribution < -0.4 is 9.80 Å². The van der Waals surface area contributed by atoms with Gasteiger partial charge in [0.25, 0.3) is 0 Å². The first-order chi connectivity index (χ1) is 14.3. The second kappa shape index (κ2) is 9.09. The molecule has 1 amide bonds. The molecule has 3 aromatic rings. The second-order valence-corrected chi connectivity index (χ2v) is 8.12. The molecule has 0 saturated carbocycles. The molecule has 0 N–H and O–H groups in total. The second-order valence-electron chi connectivity index (χ2n) is 7.28. The lowest BCUT2D eigenvalue weighted by molar-refractivity contribution is -0.115. The van der Waals surface area contributed by atoms with E-state index in [1.807, 2.05) is 63.2 Å². The lowest BCUT2D eigenvalue weighted by Crippen LogP contribution is -2.23.